The van der Waals surface area contributed by atoms with E-state index in [1.54, 1.807) is 0 Å². The van der Waals surface area contributed by atoms with E-state index >= 15 is 0 Å². The highest BCUT2D eigenvalue weighted by Gasteiger charge is 2.51. The molecule has 0 radical (unpaired) electrons. The number of carbonyl (C=O) groups is 1. The second-order valence-corrected chi connectivity index (χ2v) is 15.6. The summed E-state index contributed by atoms with van der Waals surface area (Å²) in [5, 5.41) is 1.21. The Morgan fingerprint density at radius 3 is 2.40 bits per heavy atom. The zero-order valence-corrected chi connectivity index (χ0v) is 28.3. The molecule has 4 fully saturated rings. The van der Waals surface area contributed by atoms with E-state index in [-0.39, 0.29) is 5.41 Å². The lowest BCUT2D eigenvalue weighted by Gasteiger charge is -2.58. The smallest absolute Gasteiger partial charge is 0.250 e. The Hall–Kier alpha value is -3.83. The SMILES string of the molecule is CC(C)(C)c1ccc(COc2ccc(Cn3cc(/C=C4\CC[C@@H]5[C@H]6CCCN7CCC[C@H](CN5C4=O)[C@@H]67)c4ccccc43)cc2)cc1. The van der Waals surface area contributed by atoms with Gasteiger partial charge in [0.25, 0.3) is 0 Å². The van der Waals surface area contributed by atoms with Gasteiger partial charge in [-0.1, -0.05) is 75.4 Å². The quantitative estimate of drug-likeness (QED) is 0.201. The fourth-order valence-corrected chi connectivity index (χ4v) is 9.19. The molecule has 0 bridgehead atoms. The van der Waals surface area contributed by atoms with Crippen LogP contribution >= 0.6 is 0 Å². The monoisotopic (exact) mass is 627 g/mol. The Labute approximate surface area is 280 Å². The molecular formula is C42H49N3O2. The maximum Gasteiger partial charge on any atom is 0.250 e. The molecule has 0 saturated carbocycles. The molecule has 244 valence electrons. The highest BCUT2D eigenvalue weighted by molar-refractivity contribution is 6.01. The lowest BCUT2D eigenvalue weighted by Crippen LogP contribution is -2.66. The van der Waals surface area contributed by atoms with Crippen LogP contribution in [0.4, 0.5) is 0 Å². The van der Waals surface area contributed by atoms with Gasteiger partial charge in [0.2, 0.25) is 5.91 Å². The number of nitrogens with zero attached hydrogens (tertiary/aromatic N) is 3. The van der Waals surface area contributed by atoms with Gasteiger partial charge < -0.3 is 14.2 Å². The first-order valence-corrected chi connectivity index (χ1v) is 18.0. The Balaban J connectivity index is 0.972. The first-order chi connectivity index (χ1) is 22.8. The summed E-state index contributed by atoms with van der Waals surface area (Å²) in [4.78, 5) is 19.2. The number of piperidine rings is 4. The minimum Gasteiger partial charge on any atom is -0.489 e. The summed E-state index contributed by atoms with van der Waals surface area (Å²) < 4.78 is 8.46. The molecule has 5 heteroatoms. The number of aromatic nitrogens is 1. The summed E-state index contributed by atoms with van der Waals surface area (Å²) in [6, 6.07) is 27.0. The summed E-state index contributed by atoms with van der Waals surface area (Å²) in [6.45, 7) is 11.5. The Morgan fingerprint density at radius 1 is 0.872 bits per heavy atom. The van der Waals surface area contributed by atoms with E-state index in [1.807, 2.05) is 0 Å². The highest BCUT2D eigenvalue weighted by Crippen LogP contribution is 2.45. The number of rotatable bonds is 6. The number of carbonyl (C=O) groups excluding carboxylic acids is 1. The number of amides is 1. The summed E-state index contributed by atoms with van der Waals surface area (Å²) >= 11 is 0. The normalized spacial score (nSPS) is 25.6. The molecule has 4 atom stereocenters. The minimum absolute atomic E-state index is 0.152. The van der Waals surface area contributed by atoms with Gasteiger partial charge in [-0.05, 0) is 110 Å². The molecule has 0 aliphatic carbocycles. The predicted molar refractivity (Wildman–Crippen MR) is 190 cm³/mol. The van der Waals surface area contributed by atoms with Crippen LogP contribution in [-0.4, -0.2) is 52.0 Å². The van der Waals surface area contributed by atoms with Gasteiger partial charge in [-0.3, -0.25) is 9.69 Å². The predicted octanol–water partition coefficient (Wildman–Crippen LogP) is 8.44. The molecule has 1 amide bonds. The fourth-order valence-electron chi connectivity index (χ4n) is 9.19. The molecule has 5 nitrogen and oxygen atoms in total. The van der Waals surface area contributed by atoms with Crippen molar-refractivity contribution in [2.75, 3.05) is 19.6 Å². The van der Waals surface area contributed by atoms with Crippen LogP contribution in [0, 0.1) is 11.8 Å². The molecule has 0 spiro atoms. The maximum atomic E-state index is 14.1. The van der Waals surface area contributed by atoms with Gasteiger partial charge in [-0.15, -0.1) is 0 Å². The number of hydrogen-bond donors (Lipinski definition) is 0. The molecular weight excluding hydrogens is 578 g/mol. The van der Waals surface area contributed by atoms with E-state index in [0.717, 1.165) is 42.8 Å². The topological polar surface area (TPSA) is 37.7 Å². The van der Waals surface area contributed by atoms with E-state index in [0.29, 0.717) is 36.4 Å². The van der Waals surface area contributed by atoms with Crippen LogP contribution in [0.1, 0.15) is 81.5 Å². The van der Waals surface area contributed by atoms with Crippen molar-refractivity contribution in [2.45, 2.75) is 89.9 Å². The number of hydrogen-bond acceptors (Lipinski definition) is 3. The van der Waals surface area contributed by atoms with E-state index in [9.17, 15) is 4.79 Å². The second kappa shape index (κ2) is 12.3. The minimum atomic E-state index is 0.152. The number of benzene rings is 3. The van der Waals surface area contributed by atoms with Gasteiger partial charge in [0.1, 0.15) is 12.4 Å². The molecule has 5 heterocycles. The second-order valence-electron chi connectivity index (χ2n) is 15.6. The van der Waals surface area contributed by atoms with Crippen molar-refractivity contribution >= 4 is 22.9 Å². The first kappa shape index (κ1) is 30.5. The lowest BCUT2D eigenvalue weighted by atomic mass is 9.67. The van der Waals surface area contributed by atoms with Crippen molar-refractivity contribution < 1.29 is 9.53 Å². The third-order valence-corrected chi connectivity index (χ3v) is 11.6. The number of para-hydroxylation sites is 1. The fraction of sp³-hybridized carbons (Fsp3) is 0.452. The van der Waals surface area contributed by atoms with Crippen LogP contribution in [0.2, 0.25) is 0 Å². The van der Waals surface area contributed by atoms with Crippen LogP contribution in [0.25, 0.3) is 17.0 Å². The third-order valence-electron chi connectivity index (χ3n) is 11.6. The zero-order valence-electron chi connectivity index (χ0n) is 28.3. The van der Waals surface area contributed by atoms with E-state index in [1.165, 1.54) is 66.4 Å². The zero-order chi connectivity index (χ0) is 32.1. The molecule has 4 aliphatic rings. The van der Waals surface area contributed by atoms with Gasteiger partial charge in [0.05, 0.1) is 0 Å². The van der Waals surface area contributed by atoms with E-state index < -0.39 is 0 Å². The standard InChI is InChI=1S/C42H49N3O2/c1-42(2,3)34-17-12-30(13-18-34)28-47-35-19-14-29(15-20-35)25-44-26-33(36-9-4-5-11-38(36)44)24-31-16-21-39-37-10-7-23-43-22-6-8-32(40(37)43)27-45(39)41(31)46/h4-5,9,11-15,17-20,24,26,32,37,39-40H,6-8,10,16,21-23,25,27-28H2,1-3H3/b31-24+/t32-,37-,39-,40+/m1/s1. The van der Waals surface area contributed by atoms with Gasteiger partial charge in [-0.25, -0.2) is 0 Å². The van der Waals surface area contributed by atoms with Crippen LogP contribution in [0.3, 0.4) is 0 Å². The largest absolute Gasteiger partial charge is 0.489 e. The van der Waals surface area contributed by atoms with Crippen LogP contribution < -0.4 is 4.74 Å². The third kappa shape index (κ3) is 5.92. The van der Waals surface area contributed by atoms with Gasteiger partial charge in [0, 0.05) is 53.4 Å². The van der Waals surface area contributed by atoms with E-state index in [4.69, 9.17) is 4.74 Å². The summed E-state index contributed by atoms with van der Waals surface area (Å²) in [6.07, 6.45) is 11.6. The van der Waals surface area contributed by atoms with Crippen molar-refractivity contribution in [3.05, 3.63) is 107 Å². The Morgan fingerprint density at radius 2 is 1.62 bits per heavy atom. The molecule has 4 saturated heterocycles. The maximum absolute atomic E-state index is 14.1. The van der Waals surface area contributed by atoms with Crippen molar-refractivity contribution in [3.63, 3.8) is 0 Å². The lowest BCUT2D eigenvalue weighted by molar-refractivity contribution is -0.145. The molecule has 1 aromatic heterocycles. The molecule has 8 rings (SSSR count). The molecule has 4 aromatic rings. The average Bonchev–Trinajstić information content (AvgIpc) is 3.42. The molecule has 0 N–H and O–H groups in total. The van der Waals surface area contributed by atoms with Gasteiger partial charge in [-0.2, -0.15) is 0 Å². The van der Waals surface area contributed by atoms with Crippen molar-refractivity contribution in [3.8, 4) is 5.75 Å². The summed E-state index contributed by atoms with van der Waals surface area (Å²) in [5.74, 6) is 2.47. The number of fused-ring (bicyclic) bond motifs is 3. The molecule has 4 aliphatic heterocycles. The molecule has 47 heavy (non-hydrogen) atoms. The summed E-state index contributed by atoms with van der Waals surface area (Å²) in [7, 11) is 0. The van der Waals surface area contributed by atoms with E-state index in [2.05, 4.69) is 120 Å². The molecule has 3 aromatic carbocycles. The average molecular weight is 628 g/mol. The van der Waals surface area contributed by atoms with Crippen molar-refractivity contribution in [1.29, 1.82) is 0 Å². The Bertz CT molecular complexity index is 1780. The van der Waals surface area contributed by atoms with Crippen LogP contribution in [-0.2, 0) is 23.4 Å². The van der Waals surface area contributed by atoms with Crippen molar-refractivity contribution in [1.82, 2.24) is 14.4 Å². The first-order valence-electron chi connectivity index (χ1n) is 18.0. The molecule has 0 unspecified atom stereocenters. The number of ether oxygens (including phenoxy) is 1. The van der Waals surface area contributed by atoms with Gasteiger partial charge >= 0.3 is 0 Å². The summed E-state index contributed by atoms with van der Waals surface area (Å²) in [5.41, 5.74) is 7.22. The van der Waals surface area contributed by atoms with Crippen LogP contribution in [0.5, 0.6) is 5.75 Å². The van der Waals surface area contributed by atoms with Gasteiger partial charge in [0.15, 0.2) is 0 Å². The highest BCUT2D eigenvalue weighted by atomic mass is 16.5. The van der Waals surface area contributed by atoms with Crippen LogP contribution in [0.15, 0.2) is 84.6 Å². The Kier molecular flexibility index (Phi) is 7.99. The van der Waals surface area contributed by atoms with Crippen molar-refractivity contribution in [2.24, 2.45) is 11.8 Å².